The van der Waals surface area contributed by atoms with Crippen molar-refractivity contribution in [3.8, 4) is 5.75 Å². The molecular formula is C20H24N2O2. The molecule has 0 saturated carbocycles. The molecule has 1 amide bonds. The Labute approximate surface area is 143 Å². The van der Waals surface area contributed by atoms with E-state index in [1.54, 1.807) is 6.21 Å². The Bertz CT molecular complexity index is 713. The number of hydrogen-bond donors (Lipinski definition) is 1. The van der Waals surface area contributed by atoms with Crippen LogP contribution in [0.2, 0.25) is 0 Å². The van der Waals surface area contributed by atoms with Crippen molar-refractivity contribution < 1.29 is 9.53 Å². The molecule has 2 aromatic carbocycles. The molecule has 0 aromatic heterocycles. The number of aryl methyl sites for hydroxylation is 1. The molecule has 0 saturated heterocycles. The number of benzene rings is 2. The molecule has 2 aromatic rings. The molecule has 0 atom stereocenters. The summed E-state index contributed by atoms with van der Waals surface area (Å²) in [5.41, 5.74) is 5.86. The van der Waals surface area contributed by atoms with E-state index in [1.165, 1.54) is 5.56 Å². The van der Waals surface area contributed by atoms with Crippen LogP contribution in [0.4, 0.5) is 0 Å². The quantitative estimate of drug-likeness (QED) is 0.671. The number of nitrogens with one attached hydrogen (secondary N) is 1. The molecular weight excluding hydrogens is 300 g/mol. The highest BCUT2D eigenvalue weighted by Gasteiger charge is 2.13. The van der Waals surface area contributed by atoms with Gasteiger partial charge in [0.15, 0.2) is 6.61 Å². The number of carbonyl (C=O) groups excluding carboxylic acids is 1. The first-order valence-corrected chi connectivity index (χ1v) is 7.97. The van der Waals surface area contributed by atoms with Crippen molar-refractivity contribution in [3.05, 3.63) is 65.2 Å². The van der Waals surface area contributed by atoms with Crippen LogP contribution in [0.5, 0.6) is 5.75 Å². The lowest BCUT2D eigenvalue weighted by Gasteiger charge is -2.19. The molecule has 0 bridgehead atoms. The van der Waals surface area contributed by atoms with Crippen LogP contribution in [-0.2, 0) is 10.2 Å². The SMILES string of the molecule is Cc1ccccc1/C=N\NC(=O)COc1ccc(C(C)(C)C)cc1. The summed E-state index contributed by atoms with van der Waals surface area (Å²) in [7, 11) is 0. The van der Waals surface area contributed by atoms with Gasteiger partial charge in [0.05, 0.1) is 6.21 Å². The summed E-state index contributed by atoms with van der Waals surface area (Å²) < 4.78 is 5.48. The van der Waals surface area contributed by atoms with Gasteiger partial charge in [0, 0.05) is 0 Å². The molecule has 4 heteroatoms. The highest BCUT2D eigenvalue weighted by Crippen LogP contribution is 2.24. The van der Waals surface area contributed by atoms with Crippen molar-refractivity contribution in [1.82, 2.24) is 5.43 Å². The molecule has 0 aliphatic carbocycles. The number of hydrazone groups is 1. The Morgan fingerprint density at radius 2 is 1.79 bits per heavy atom. The summed E-state index contributed by atoms with van der Waals surface area (Å²) in [4.78, 5) is 11.8. The molecule has 0 unspecified atom stereocenters. The molecule has 0 spiro atoms. The Morgan fingerprint density at radius 3 is 2.42 bits per heavy atom. The second-order valence-electron chi connectivity index (χ2n) is 6.71. The van der Waals surface area contributed by atoms with Crippen molar-refractivity contribution in [2.45, 2.75) is 33.1 Å². The molecule has 24 heavy (non-hydrogen) atoms. The largest absolute Gasteiger partial charge is 0.484 e. The second kappa shape index (κ2) is 7.77. The van der Waals surface area contributed by atoms with Crippen LogP contribution >= 0.6 is 0 Å². The van der Waals surface area contributed by atoms with Gasteiger partial charge < -0.3 is 4.74 Å². The summed E-state index contributed by atoms with van der Waals surface area (Å²) in [6.07, 6.45) is 1.63. The van der Waals surface area contributed by atoms with Gasteiger partial charge in [-0.15, -0.1) is 0 Å². The zero-order valence-electron chi connectivity index (χ0n) is 14.7. The molecule has 2 rings (SSSR count). The van der Waals surface area contributed by atoms with E-state index in [1.807, 2.05) is 55.5 Å². The van der Waals surface area contributed by atoms with Crippen LogP contribution in [-0.4, -0.2) is 18.7 Å². The number of hydrogen-bond acceptors (Lipinski definition) is 3. The molecule has 126 valence electrons. The first-order chi connectivity index (χ1) is 11.4. The van der Waals surface area contributed by atoms with E-state index in [-0.39, 0.29) is 17.9 Å². The van der Waals surface area contributed by atoms with Crippen LogP contribution in [0.25, 0.3) is 0 Å². The molecule has 0 heterocycles. The molecule has 0 aliphatic heterocycles. The molecule has 0 aliphatic rings. The first-order valence-electron chi connectivity index (χ1n) is 7.97. The minimum atomic E-state index is -0.292. The normalized spacial score (nSPS) is 11.5. The Balaban J connectivity index is 1.82. The molecule has 4 nitrogen and oxygen atoms in total. The van der Waals surface area contributed by atoms with E-state index in [4.69, 9.17) is 4.74 Å². The highest BCUT2D eigenvalue weighted by atomic mass is 16.5. The van der Waals surface area contributed by atoms with Crippen molar-refractivity contribution in [1.29, 1.82) is 0 Å². The summed E-state index contributed by atoms with van der Waals surface area (Å²) in [6.45, 7) is 8.39. The topological polar surface area (TPSA) is 50.7 Å². The van der Waals surface area contributed by atoms with Gasteiger partial charge in [-0.1, -0.05) is 57.2 Å². The maximum absolute atomic E-state index is 11.8. The van der Waals surface area contributed by atoms with E-state index in [0.29, 0.717) is 5.75 Å². The van der Waals surface area contributed by atoms with E-state index in [2.05, 4.69) is 31.3 Å². The lowest BCUT2D eigenvalue weighted by Crippen LogP contribution is -2.24. The average Bonchev–Trinajstić information content (AvgIpc) is 2.54. The van der Waals surface area contributed by atoms with Crippen LogP contribution in [0, 0.1) is 6.92 Å². The van der Waals surface area contributed by atoms with Crippen LogP contribution < -0.4 is 10.2 Å². The third-order valence-corrected chi connectivity index (χ3v) is 3.67. The second-order valence-corrected chi connectivity index (χ2v) is 6.71. The average molecular weight is 324 g/mol. The van der Waals surface area contributed by atoms with Crippen molar-refractivity contribution in [2.24, 2.45) is 5.10 Å². The summed E-state index contributed by atoms with van der Waals surface area (Å²) in [5, 5.41) is 3.96. The van der Waals surface area contributed by atoms with Gasteiger partial charge in [-0.3, -0.25) is 4.79 Å². The summed E-state index contributed by atoms with van der Waals surface area (Å²) >= 11 is 0. The van der Waals surface area contributed by atoms with Gasteiger partial charge in [-0.2, -0.15) is 5.10 Å². The maximum atomic E-state index is 11.8. The van der Waals surface area contributed by atoms with Crippen LogP contribution in [0.1, 0.15) is 37.5 Å². The van der Waals surface area contributed by atoms with Crippen molar-refractivity contribution in [2.75, 3.05) is 6.61 Å². The smallest absolute Gasteiger partial charge is 0.277 e. The van der Waals surface area contributed by atoms with Gasteiger partial charge in [0.2, 0.25) is 0 Å². The predicted octanol–water partition coefficient (Wildman–Crippen LogP) is 3.82. The number of rotatable bonds is 5. The Morgan fingerprint density at radius 1 is 1.12 bits per heavy atom. The maximum Gasteiger partial charge on any atom is 0.277 e. The van der Waals surface area contributed by atoms with Gasteiger partial charge in [-0.05, 0) is 41.2 Å². The zero-order chi connectivity index (χ0) is 17.6. The van der Waals surface area contributed by atoms with Gasteiger partial charge in [0.1, 0.15) is 5.75 Å². The highest BCUT2D eigenvalue weighted by molar-refractivity contribution is 5.84. The summed E-state index contributed by atoms with van der Waals surface area (Å²) in [6, 6.07) is 15.6. The van der Waals surface area contributed by atoms with Gasteiger partial charge in [-0.25, -0.2) is 5.43 Å². The van der Waals surface area contributed by atoms with E-state index in [9.17, 15) is 4.79 Å². The van der Waals surface area contributed by atoms with Crippen molar-refractivity contribution >= 4 is 12.1 Å². The van der Waals surface area contributed by atoms with Crippen molar-refractivity contribution in [3.63, 3.8) is 0 Å². The summed E-state index contributed by atoms with van der Waals surface area (Å²) in [5.74, 6) is 0.376. The fraction of sp³-hybridized carbons (Fsp3) is 0.300. The minimum Gasteiger partial charge on any atom is -0.484 e. The van der Waals surface area contributed by atoms with E-state index < -0.39 is 0 Å². The Hall–Kier alpha value is -2.62. The first kappa shape index (κ1) is 17.7. The zero-order valence-corrected chi connectivity index (χ0v) is 14.7. The molecule has 1 N–H and O–H groups in total. The number of carbonyl (C=O) groups is 1. The fourth-order valence-electron chi connectivity index (χ4n) is 2.14. The number of nitrogens with zero attached hydrogens (tertiary/aromatic N) is 1. The van der Waals surface area contributed by atoms with E-state index in [0.717, 1.165) is 11.1 Å². The third kappa shape index (κ3) is 5.23. The van der Waals surface area contributed by atoms with Gasteiger partial charge >= 0.3 is 0 Å². The predicted molar refractivity (Wildman–Crippen MR) is 97.6 cm³/mol. The van der Waals surface area contributed by atoms with E-state index >= 15 is 0 Å². The number of amides is 1. The monoisotopic (exact) mass is 324 g/mol. The third-order valence-electron chi connectivity index (χ3n) is 3.67. The number of ether oxygens (including phenoxy) is 1. The lowest BCUT2D eigenvalue weighted by molar-refractivity contribution is -0.123. The van der Waals surface area contributed by atoms with Crippen LogP contribution in [0.15, 0.2) is 53.6 Å². The van der Waals surface area contributed by atoms with Gasteiger partial charge in [0.25, 0.3) is 5.91 Å². The molecule has 0 radical (unpaired) electrons. The minimum absolute atomic E-state index is 0.0695. The lowest BCUT2D eigenvalue weighted by atomic mass is 9.87. The Kier molecular flexibility index (Phi) is 5.74. The standard InChI is InChI=1S/C20H24N2O2/c1-15-7-5-6-8-16(15)13-21-22-19(23)14-24-18-11-9-17(10-12-18)20(2,3)4/h5-13H,14H2,1-4H3,(H,22,23)/b21-13-. The fourth-order valence-corrected chi connectivity index (χ4v) is 2.14. The molecule has 0 fully saturated rings. The van der Waals surface area contributed by atoms with Crippen LogP contribution in [0.3, 0.4) is 0 Å².